The van der Waals surface area contributed by atoms with Crippen molar-refractivity contribution in [3.8, 4) is 0 Å². The zero-order valence-corrected chi connectivity index (χ0v) is 15.7. The van der Waals surface area contributed by atoms with Gasteiger partial charge in [0.1, 0.15) is 18.2 Å². The van der Waals surface area contributed by atoms with Crippen molar-refractivity contribution >= 4 is 17.9 Å². The molecule has 2 heterocycles. The Morgan fingerprint density at radius 2 is 1.90 bits per heavy atom. The number of hydrogen-bond donors (Lipinski definition) is 8. The van der Waals surface area contributed by atoms with Gasteiger partial charge in [-0.2, -0.15) is 0 Å². The Hall–Kier alpha value is -2.85. The number of ether oxygens (including phenoxy) is 1. The van der Waals surface area contributed by atoms with Crippen molar-refractivity contribution in [1.82, 2.24) is 20.8 Å². The summed E-state index contributed by atoms with van der Waals surface area (Å²) in [6, 6.07) is -3.93. The number of carbonyl (C=O) groups is 3. The molecule has 15 nitrogen and oxygen atoms in total. The molecule has 1 aliphatic heterocycles. The number of carbonyl (C=O) groups excluding carboxylic acids is 2. The first-order valence-corrected chi connectivity index (χ1v) is 8.78. The molecule has 0 saturated carbocycles. The standard InChI is InChI=1S/C15H23N5O10/c1-4(21)9(13(25)26)18-15(28)17-5(2-8(16)23)11-19-20-12(30-11)7-3-6(22)10(24)14(27)29-7/h4-7,9-10,14,21-22,24,27H,2-3H2,1H3,(H2,16,23)(H,25,26)(H2,17,18,28)/t4?,5-,6-,7-,9?,10+,14+/m0/s1. The van der Waals surface area contributed by atoms with E-state index in [0.717, 1.165) is 6.92 Å². The van der Waals surface area contributed by atoms with Crippen LogP contribution in [0.4, 0.5) is 4.79 Å². The summed E-state index contributed by atoms with van der Waals surface area (Å²) in [5, 5.41) is 58.9. The SMILES string of the molecule is CC(O)C(NC(=O)N[C@@H](CC(N)=O)c1nnc([C@@H]2C[C@H](O)[C@@H](O)[C@H](O)O2)o1)C(=O)O. The fourth-order valence-electron chi connectivity index (χ4n) is 2.66. The van der Waals surface area contributed by atoms with E-state index >= 15 is 0 Å². The van der Waals surface area contributed by atoms with Crippen LogP contribution in [0.15, 0.2) is 4.42 Å². The lowest BCUT2D eigenvalue weighted by atomic mass is 10.0. The molecule has 1 fully saturated rings. The minimum atomic E-state index is -1.70. The molecule has 0 spiro atoms. The molecule has 168 valence electrons. The van der Waals surface area contributed by atoms with Crippen molar-refractivity contribution in [2.24, 2.45) is 5.73 Å². The molecule has 2 unspecified atom stereocenters. The highest BCUT2D eigenvalue weighted by molar-refractivity contribution is 5.83. The molecule has 1 aromatic rings. The maximum Gasteiger partial charge on any atom is 0.328 e. The summed E-state index contributed by atoms with van der Waals surface area (Å²) < 4.78 is 10.4. The number of aliphatic hydroxyl groups excluding tert-OH is 4. The molecule has 0 radical (unpaired) electrons. The molecule has 0 bridgehead atoms. The number of carboxylic acids is 1. The molecule has 30 heavy (non-hydrogen) atoms. The van der Waals surface area contributed by atoms with Crippen molar-refractivity contribution in [2.45, 2.75) is 62.6 Å². The number of primary amides is 1. The molecule has 2 rings (SSSR count). The normalized spacial score (nSPS) is 27.0. The summed E-state index contributed by atoms with van der Waals surface area (Å²) in [4.78, 5) is 34.5. The number of carboxylic acid groups (broad SMARTS) is 1. The van der Waals surface area contributed by atoms with Crippen molar-refractivity contribution in [2.75, 3.05) is 0 Å². The summed E-state index contributed by atoms with van der Waals surface area (Å²) in [7, 11) is 0. The Bertz CT molecular complexity index is 759. The zero-order chi connectivity index (χ0) is 22.6. The second kappa shape index (κ2) is 9.77. The van der Waals surface area contributed by atoms with Crippen LogP contribution in [-0.4, -0.2) is 84.3 Å². The average Bonchev–Trinajstić information content (AvgIpc) is 3.12. The van der Waals surface area contributed by atoms with Crippen molar-refractivity contribution in [3.05, 3.63) is 11.8 Å². The second-order valence-corrected chi connectivity index (χ2v) is 6.68. The first kappa shape index (κ1) is 23.4. The first-order valence-electron chi connectivity index (χ1n) is 8.78. The molecule has 1 aromatic heterocycles. The number of urea groups is 1. The first-order chi connectivity index (χ1) is 14.0. The van der Waals surface area contributed by atoms with Gasteiger partial charge in [0.15, 0.2) is 12.3 Å². The van der Waals surface area contributed by atoms with Crippen LogP contribution in [0.3, 0.4) is 0 Å². The van der Waals surface area contributed by atoms with E-state index in [0.29, 0.717) is 0 Å². The molecule has 0 aliphatic carbocycles. The average molecular weight is 433 g/mol. The number of rotatable bonds is 8. The van der Waals surface area contributed by atoms with Crippen LogP contribution in [0.25, 0.3) is 0 Å². The highest BCUT2D eigenvalue weighted by atomic mass is 16.6. The minimum Gasteiger partial charge on any atom is -0.480 e. The number of hydrogen-bond acceptors (Lipinski definition) is 11. The fourth-order valence-corrected chi connectivity index (χ4v) is 2.66. The van der Waals surface area contributed by atoms with Crippen LogP contribution >= 0.6 is 0 Å². The highest BCUT2D eigenvalue weighted by Crippen LogP contribution is 2.31. The smallest absolute Gasteiger partial charge is 0.328 e. The Balaban J connectivity index is 2.13. The van der Waals surface area contributed by atoms with Gasteiger partial charge >= 0.3 is 12.0 Å². The number of amides is 3. The molecule has 7 atom stereocenters. The largest absolute Gasteiger partial charge is 0.480 e. The van der Waals surface area contributed by atoms with E-state index in [1.807, 2.05) is 5.32 Å². The predicted molar refractivity (Wildman–Crippen MR) is 92.1 cm³/mol. The number of aliphatic hydroxyl groups is 4. The van der Waals surface area contributed by atoms with E-state index in [1.54, 1.807) is 0 Å². The van der Waals surface area contributed by atoms with Gasteiger partial charge in [0.25, 0.3) is 0 Å². The van der Waals surface area contributed by atoms with Gasteiger partial charge in [-0.3, -0.25) is 4.79 Å². The Kier molecular flexibility index (Phi) is 7.63. The van der Waals surface area contributed by atoms with Gasteiger partial charge in [-0.25, -0.2) is 9.59 Å². The van der Waals surface area contributed by atoms with E-state index in [2.05, 4.69) is 15.5 Å². The second-order valence-electron chi connectivity index (χ2n) is 6.68. The van der Waals surface area contributed by atoms with Gasteiger partial charge in [-0.1, -0.05) is 0 Å². The predicted octanol–water partition coefficient (Wildman–Crippen LogP) is -3.38. The van der Waals surface area contributed by atoms with Gasteiger partial charge in [0, 0.05) is 6.42 Å². The van der Waals surface area contributed by atoms with Crippen LogP contribution in [0.1, 0.15) is 43.7 Å². The maximum absolute atomic E-state index is 12.1. The molecule has 15 heteroatoms. The highest BCUT2D eigenvalue weighted by Gasteiger charge is 2.39. The van der Waals surface area contributed by atoms with Crippen molar-refractivity contribution < 1.29 is 49.1 Å². The van der Waals surface area contributed by atoms with Crippen LogP contribution in [-0.2, 0) is 14.3 Å². The minimum absolute atomic E-state index is 0.178. The molecule has 1 aliphatic rings. The maximum atomic E-state index is 12.1. The van der Waals surface area contributed by atoms with E-state index in [4.69, 9.17) is 20.0 Å². The third kappa shape index (κ3) is 5.83. The van der Waals surface area contributed by atoms with Gasteiger partial charge in [-0.05, 0) is 6.92 Å². The van der Waals surface area contributed by atoms with Crippen molar-refractivity contribution in [3.63, 3.8) is 0 Å². The van der Waals surface area contributed by atoms with Crippen molar-refractivity contribution in [1.29, 1.82) is 0 Å². The summed E-state index contributed by atoms with van der Waals surface area (Å²) in [6.07, 6.45) is -7.70. The number of aliphatic carboxylic acids is 1. The molecule has 3 amide bonds. The van der Waals surface area contributed by atoms with Crippen LogP contribution in [0.2, 0.25) is 0 Å². The summed E-state index contributed by atoms with van der Waals surface area (Å²) in [6.45, 7) is 1.16. The number of nitrogens with one attached hydrogen (secondary N) is 2. The van der Waals surface area contributed by atoms with Gasteiger partial charge in [0.2, 0.25) is 17.7 Å². The summed E-state index contributed by atoms with van der Waals surface area (Å²) in [5.74, 6) is -2.84. The topological polar surface area (TPSA) is 251 Å². The van der Waals surface area contributed by atoms with Gasteiger partial charge in [-0.15, -0.1) is 10.2 Å². The number of nitrogens with zero attached hydrogens (tertiary/aromatic N) is 2. The lowest BCUT2D eigenvalue weighted by molar-refractivity contribution is -0.252. The van der Waals surface area contributed by atoms with E-state index in [9.17, 15) is 34.8 Å². The van der Waals surface area contributed by atoms with Gasteiger partial charge in [0.05, 0.1) is 18.6 Å². The third-order valence-electron chi connectivity index (χ3n) is 4.22. The molecular formula is C15H23N5O10. The molecular weight excluding hydrogens is 410 g/mol. The van der Waals surface area contributed by atoms with E-state index in [-0.39, 0.29) is 18.2 Å². The van der Waals surface area contributed by atoms with Gasteiger partial charge < -0.3 is 51.1 Å². The van der Waals surface area contributed by atoms with Crippen LogP contribution < -0.4 is 16.4 Å². The van der Waals surface area contributed by atoms with Crippen LogP contribution in [0.5, 0.6) is 0 Å². The monoisotopic (exact) mass is 433 g/mol. The lowest BCUT2D eigenvalue weighted by Crippen LogP contribution is -2.52. The summed E-state index contributed by atoms with van der Waals surface area (Å²) >= 11 is 0. The summed E-state index contributed by atoms with van der Waals surface area (Å²) in [5.41, 5.74) is 5.15. The zero-order valence-electron chi connectivity index (χ0n) is 15.7. The molecule has 1 saturated heterocycles. The number of nitrogens with two attached hydrogens (primary N) is 1. The fraction of sp³-hybridized carbons (Fsp3) is 0.667. The Labute approximate surface area is 168 Å². The van der Waals surface area contributed by atoms with Crippen LogP contribution in [0, 0.1) is 0 Å². The quantitative estimate of drug-likeness (QED) is 0.200. The Morgan fingerprint density at radius 3 is 2.43 bits per heavy atom. The molecule has 0 aromatic carbocycles. The molecule has 9 N–H and O–H groups in total. The number of aromatic nitrogens is 2. The Morgan fingerprint density at radius 1 is 1.23 bits per heavy atom. The third-order valence-corrected chi connectivity index (χ3v) is 4.22. The van der Waals surface area contributed by atoms with E-state index in [1.165, 1.54) is 0 Å². The van der Waals surface area contributed by atoms with E-state index < -0.39 is 67.1 Å². The lowest BCUT2D eigenvalue weighted by Gasteiger charge is -2.32.